The number of anilines is 1. The van der Waals surface area contributed by atoms with E-state index in [9.17, 15) is 19.2 Å². The predicted octanol–water partition coefficient (Wildman–Crippen LogP) is 1.68. The summed E-state index contributed by atoms with van der Waals surface area (Å²) in [6.07, 6.45) is 3.27. The molecule has 156 valence electrons. The van der Waals surface area contributed by atoms with Gasteiger partial charge < -0.3 is 20.1 Å². The minimum Gasteiger partial charge on any atom is -0.497 e. The van der Waals surface area contributed by atoms with Gasteiger partial charge in [0, 0.05) is 5.69 Å². The summed E-state index contributed by atoms with van der Waals surface area (Å²) in [4.78, 5) is 50.0. The molecule has 2 N–H and O–H groups in total. The number of amides is 4. The lowest BCUT2D eigenvalue weighted by Crippen LogP contribution is -2.54. The van der Waals surface area contributed by atoms with Crippen molar-refractivity contribution in [2.24, 2.45) is 5.92 Å². The van der Waals surface area contributed by atoms with Gasteiger partial charge in [-0.2, -0.15) is 0 Å². The Morgan fingerprint density at radius 1 is 1.24 bits per heavy atom. The van der Waals surface area contributed by atoms with E-state index in [2.05, 4.69) is 10.6 Å². The molecule has 3 rings (SSSR count). The first-order valence-electron chi connectivity index (χ1n) is 9.59. The Balaban J connectivity index is 1.50. The maximum Gasteiger partial charge on any atom is 0.326 e. The van der Waals surface area contributed by atoms with Gasteiger partial charge in [-0.25, -0.2) is 4.79 Å². The molecular weight excluding hydrogens is 378 g/mol. The monoisotopic (exact) mass is 403 g/mol. The summed E-state index contributed by atoms with van der Waals surface area (Å²) < 4.78 is 9.97. The second kappa shape index (κ2) is 8.50. The summed E-state index contributed by atoms with van der Waals surface area (Å²) in [7, 11) is 1.54. The van der Waals surface area contributed by atoms with Crippen LogP contribution in [-0.2, 0) is 19.1 Å². The molecule has 9 nitrogen and oxygen atoms in total. The second-order valence-electron chi connectivity index (χ2n) is 7.38. The number of methoxy groups -OCH3 is 1. The number of esters is 1. The van der Waals surface area contributed by atoms with Crippen LogP contribution < -0.4 is 15.4 Å². The van der Waals surface area contributed by atoms with E-state index < -0.39 is 42.5 Å². The van der Waals surface area contributed by atoms with E-state index in [1.807, 2.05) is 6.92 Å². The fraction of sp³-hybridized carbons (Fsp3) is 0.500. The number of hydrogen-bond donors (Lipinski definition) is 2. The van der Waals surface area contributed by atoms with Crippen LogP contribution in [0.4, 0.5) is 10.5 Å². The molecule has 1 saturated carbocycles. The first-order chi connectivity index (χ1) is 13.9. The summed E-state index contributed by atoms with van der Waals surface area (Å²) in [5.74, 6) is -1.09. The molecule has 1 aromatic carbocycles. The van der Waals surface area contributed by atoms with E-state index in [1.165, 1.54) is 7.11 Å². The Kier molecular flexibility index (Phi) is 6.05. The van der Waals surface area contributed by atoms with Gasteiger partial charge in [-0.15, -0.1) is 0 Å². The maximum absolute atomic E-state index is 12.8. The van der Waals surface area contributed by atoms with Crippen molar-refractivity contribution in [1.29, 1.82) is 0 Å². The second-order valence-corrected chi connectivity index (χ2v) is 7.38. The van der Waals surface area contributed by atoms with Gasteiger partial charge >= 0.3 is 12.0 Å². The summed E-state index contributed by atoms with van der Waals surface area (Å²) in [6, 6.07) is 6.07. The minimum atomic E-state index is -0.929. The Bertz CT molecular complexity index is 809. The molecule has 1 heterocycles. The van der Waals surface area contributed by atoms with Crippen LogP contribution in [0, 0.1) is 5.92 Å². The van der Waals surface area contributed by atoms with E-state index in [0.717, 1.165) is 24.2 Å². The average molecular weight is 403 g/mol. The largest absolute Gasteiger partial charge is 0.497 e. The highest BCUT2D eigenvalue weighted by Gasteiger charge is 2.55. The van der Waals surface area contributed by atoms with Gasteiger partial charge in [0.25, 0.3) is 11.8 Å². The zero-order chi connectivity index (χ0) is 21.0. The van der Waals surface area contributed by atoms with Crippen molar-refractivity contribution in [2.75, 3.05) is 25.6 Å². The van der Waals surface area contributed by atoms with Crippen LogP contribution in [0.15, 0.2) is 24.3 Å². The Morgan fingerprint density at radius 3 is 2.62 bits per heavy atom. The third kappa shape index (κ3) is 4.33. The fourth-order valence-corrected chi connectivity index (χ4v) is 3.83. The van der Waals surface area contributed by atoms with Gasteiger partial charge in [0.1, 0.15) is 17.8 Å². The molecule has 9 heteroatoms. The molecular formula is C20H25N3O6. The molecule has 0 bridgehead atoms. The lowest BCUT2D eigenvalue weighted by atomic mass is 9.73. The lowest BCUT2D eigenvalue weighted by Gasteiger charge is -2.36. The van der Waals surface area contributed by atoms with Crippen LogP contribution in [0.1, 0.15) is 32.6 Å². The molecule has 0 radical (unpaired) electrons. The molecule has 1 spiro atoms. The van der Waals surface area contributed by atoms with Gasteiger partial charge in [0.05, 0.1) is 7.11 Å². The van der Waals surface area contributed by atoms with Crippen molar-refractivity contribution in [3.05, 3.63) is 24.3 Å². The van der Waals surface area contributed by atoms with Crippen LogP contribution in [-0.4, -0.2) is 54.5 Å². The van der Waals surface area contributed by atoms with E-state index in [1.54, 1.807) is 24.3 Å². The molecule has 1 saturated heterocycles. The lowest BCUT2D eigenvalue weighted by molar-refractivity contribution is -0.150. The predicted molar refractivity (Wildman–Crippen MR) is 103 cm³/mol. The number of urea groups is 1. The zero-order valence-corrected chi connectivity index (χ0v) is 16.5. The molecule has 2 fully saturated rings. The molecule has 1 aliphatic carbocycles. The average Bonchev–Trinajstić information content (AvgIpc) is 2.94. The van der Waals surface area contributed by atoms with E-state index in [4.69, 9.17) is 9.47 Å². The maximum atomic E-state index is 12.8. The van der Waals surface area contributed by atoms with Crippen molar-refractivity contribution < 1.29 is 28.7 Å². The third-order valence-corrected chi connectivity index (χ3v) is 5.53. The van der Waals surface area contributed by atoms with Gasteiger partial charge in [0.15, 0.2) is 6.61 Å². The van der Waals surface area contributed by atoms with Crippen molar-refractivity contribution >= 4 is 29.5 Å². The Hall–Kier alpha value is -3.10. The highest BCUT2D eigenvalue weighted by atomic mass is 16.5. The number of carbonyl (C=O) groups excluding carboxylic acids is 4. The minimum absolute atomic E-state index is 0.00370. The molecule has 1 aromatic rings. The number of nitrogens with one attached hydrogen (secondary N) is 2. The van der Waals surface area contributed by atoms with E-state index in [0.29, 0.717) is 17.9 Å². The normalized spacial score (nSPS) is 23.7. The number of imide groups is 1. The first-order valence-corrected chi connectivity index (χ1v) is 9.59. The highest BCUT2D eigenvalue weighted by molar-refractivity contribution is 6.09. The number of ether oxygens (including phenoxy) is 2. The molecule has 0 unspecified atom stereocenters. The number of rotatable bonds is 6. The van der Waals surface area contributed by atoms with Crippen molar-refractivity contribution in [2.45, 2.75) is 38.1 Å². The van der Waals surface area contributed by atoms with E-state index in [-0.39, 0.29) is 5.92 Å². The SMILES string of the molecule is COc1ccc(NC(=O)COC(=O)CN2C(=O)N[C@]3(CCCC[C@H]3C)C2=O)cc1. The van der Waals surface area contributed by atoms with Gasteiger partial charge in [-0.05, 0) is 43.0 Å². The molecule has 1 aliphatic heterocycles. The molecule has 29 heavy (non-hydrogen) atoms. The van der Waals surface area contributed by atoms with Crippen molar-refractivity contribution in [3.8, 4) is 5.75 Å². The summed E-state index contributed by atoms with van der Waals surface area (Å²) >= 11 is 0. The molecule has 0 aromatic heterocycles. The Labute approximate surface area is 168 Å². The topological polar surface area (TPSA) is 114 Å². The summed E-state index contributed by atoms with van der Waals surface area (Å²) in [6.45, 7) is 0.897. The van der Waals surface area contributed by atoms with E-state index >= 15 is 0 Å². The van der Waals surface area contributed by atoms with Gasteiger partial charge in [0.2, 0.25) is 0 Å². The van der Waals surface area contributed by atoms with Crippen LogP contribution in [0.3, 0.4) is 0 Å². The van der Waals surface area contributed by atoms with Gasteiger partial charge in [-0.3, -0.25) is 19.3 Å². The molecule has 2 atom stereocenters. The van der Waals surface area contributed by atoms with Crippen LogP contribution in [0.2, 0.25) is 0 Å². The smallest absolute Gasteiger partial charge is 0.326 e. The van der Waals surface area contributed by atoms with Crippen LogP contribution in [0.5, 0.6) is 5.75 Å². The van der Waals surface area contributed by atoms with Gasteiger partial charge in [-0.1, -0.05) is 19.8 Å². The zero-order valence-electron chi connectivity index (χ0n) is 16.5. The standard InChI is InChI=1S/C20H25N3O6/c1-13-5-3-4-10-20(13)18(26)23(19(27)22-20)11-17(25)29-12-16(24)21-14-6-8-15(28-2)9-7-14/h6-9,13H,3-5,10-12H2,1-2H3,(H,21,24)(H,22,27)/t13-,20+/m1/s1. The number of benzene rings is 1. The van der Waals surface area contributed by atoms with Crippen molar-refractivity contribution in [1.82, 2.24) is 10.2 Å². The Morgan fingerprint density at radius 2 is 1.97 bits per heavy atom. The number of nitrogens with zero attached hydrogens (tertiary/aromatic N) is 1. The quantitative estimate of drug-likeness (QED) is 0.552. The highest BCUT2D eigenvalue weighted by Crippen LogP contribution is 2.38. The molecule has 2 aliphatic rings. The fourth-order valence-electron chi connectivity index (χ4n) is 3.83. The van der Waals surface area contributed by atoms with Crippen LogP contribution in [0.25, 0.3) is 0 Å². The van der Waals surface area contributed by atoms with Crippen molar-refractivity contribution in [3.63, 3.8) is 0 Å². The number of carbonyl (C=O) groups is 4. The first kappa shape index (κ1) is 20.6. The number of hydrogen-bond acceptors (Lipinski definition) is 6. The summed E-state index contributed by atoms with van der Waals surface area (Å²) in [5.41, 5.74) is -0.407. The summed E-state index contributed by atoms with van der Waals surface area (Å²) in [5, 5.41) is 5.35. The molecule has 4 amide bonds. The van der Waals surface area contributed by atoms with Crippen LogP contribution >= 0.6 is 0 Å². The third-order valence-electron chi connectivity index (χ3n) is 5.53.